The average Bonchev–Trinajstić information content (AvgIpc) is 3.33. The van der Waals surface area contributed by atoms with Crippen LogP contribution < -0.4 is 19.1 Å². The molecule has 0 saturated heterocycles. The SMILES string of the molecule is COc1ccc2c(c1)OC(C)(C)CC2NC(=O)CN(c1ccccc1F)S(=O)(=O)c1cccs1. The highest BCUT2D eigenvalue weighted by atomic mass is 32.2. The number of nitrogens with zero attached hydrogens (tertiary/aromatic N) is 1. The molecule has 0 bridgehead atoms. The molecule has 34 heavy (non-hydrogen) atoms. The van der Waals surface area contributed by atoms with E-state index in [0.717, 1.165) is 27.3 Å². The molecule has 0 aliphatic carbocycles. The van der Waals surface area contributed by atoms with E-state index in [1.165, 1.54) is 24.3 Å². The molecule has 3 aromatic rings. The Hall–Kier alpha value is -3.11. The van der Waals surface area contributed by atoms with Crippen LogP contribution in [0.2, 0.25) is 0 Å². The fourth-order valence-corrected chi connectivity index (χ4v) is 6.46. The van der Waals surface area contributed by atoms with Gasteiger partial charge in [0.25, 0.3) is 10.0 Å². The molecule has 1 N–H and O–H groups in total. The summed E-state index contributed by atoms with van der Waals surface area (Å²) in [5.74, 6) is -0.0970. The summed E-state index contributed by atoms with van der Waals surface area (Å²) in [7, 11) is -2.60. The van der Waals surface area contributed by atoms with E-state index in [2.05, 4.69) is 5.32 Å². The van der Waals surface area contributed by atoms with E-state index in [4.69, 9.17) is 9.47 Å². The summed E-state index contributed by atoms with van der Waals surface area (Å²) in [4.78, 5) is 13.2. The number of hydrogen-bond donors (Lipinski definition) is 1. The number of halogens is 1. The van der Waals surface area contributed by atoms with Crippen molar-refractivity contribution < 1.29 is 27.1 Å². The van der Waals surface area contributed by atoms with Gasteiger partial charge < -0.3 is 14.8 Å². The van der Waals surface area contributed by atoms with Crippen LogP contribution in [0.3, 0.4) is 0 Å². The first kappa shape index (κ1) is 24.0. The van der Waals surface area contributed by atoms with Gasteiger partial charge in [-0.3, -0.25) is 9.10 Å². The van der Waals surface area contributed by atoms with Crippen LogP contribution in [-0.2, 0) is 14.8 Å². The van der Waals surface area contributed by atoms with Crippen LogP contribution >= 0.6 is 11.3 Å². The number of hydrogen-bond acceptors (Lipinski definition) is 6. The number of fused-ring (bicyclic) bond motifs is 1. The van der Waals surface area contributed by atoms with Gasteiger partial charge in [-0.1, -0.05) is 18.2 Å². The molecule has 1 aliphatic rings. The van der Waals surface area contributed by atoms with Crippen molar-refractivity contribution in [2.45, 2.75) is 36.1 Å². The van der Waals surface area contributed by atoms with E-state index in [1.54, 1.807) is 30.7 Å². The Morgan fingerprint density at radius 2 is 2.00 bits per heavy atom. The first-order valence-electron chi connectivity index (χ1n) is 10.6. The number of nitrogens with one attached hydrogen (secondary N) is 1. The Balaban J connectivity index is 1.64. The third kappa shape index (κ3) is 4.88. The number of carbonyl (C=O) groups excluding carboxylic acids is 1. The Morgan fingerprint density at radius 3 is 2.68 bits per heavy atom. The summed E-state index contributed by atoms with van der Waals surface area (Å²) in [5, 5.41) is 4.53. The zero-order chi connectivity index (χ0) is 24.5. The zero-order valence-electron chi connectivity index (χ0n) is 18.9. The van der Waals surface area contributed by atoms with Gasteiger partial charge in [0.05, 0.1) is 18.8 Å². The zero-order valence-corrected chi connectivity index (χ0v) is 20.6. The van der Waals surface area contributed by atoms with Crippen LogP contribution in [0.25, 0.3) is 0 Å². The van der Waals surface area contributed by atoms with Crippen LogP contribution in [0.15, 0.2) is 64.2 Å². The number of anilines is 1. The van der Waals surface area contributed by atoms with Crippen molar-refractivity contribution in [2.24, 2.45) is 0 Å². The third-order valence-corrected chi connectivity index (χ3v) is 8.59. The quantitative estimate of drug-likeness (QED) is 0.512. The smallest absolute Gasteiger partial charge is 0.274 e. The Kier molecular flexibility index (Phi) is 6.55. The molecule has 0 radical (unpaired) electrons. The molecule has 1 aromatic heterocycles. The number of methoxy groups -OCH3 is 1. The number of sulfonamides is 1. The normalized spacial score (nSPS) is 16.8. The average molecular weight is 505 g/mol. The molecule has 10 heteroatoms. The lowest BCUT2D eigenvalue weighted by atomic mass is 9.89. The number of ether oxygens (including phenoxy) is 2. The van der Waals surface area contributed by atoms with Gasteiger partial charge in [-0.15, -0.1) is 11.3 Å². The van der Waals surface area contributed by atoms with Gasteiger partial charge in [-0.25, -0.2) is 12.8 Å². The second-order valence-corrected chi connectivity index (χ2v) is 11.5. The third-order valence-electron chi connectivity index (χ3n) is 5.46. The van der Waals surface area contributed by atoms with Crippen LogP contribution in [0, 0.1) is 5.82 Å². The van der Waals surface area contributed by atoms with E-state index >= 15 is 0 Å². The van der Waals surface area contributed by atoms with E-state index < -0.39 is 39.9 Å². The fraction of sp³-hybridized carbons (Fsp3) is 0.292. The van der Waals surface area contributed by atoms with E-state index in [-0.39, 0.29) is 9.90 Å². The van der Waals surface area contributed by atoms with Gasteiger partial charge in [0.1, 0.15) is 33.7 Å². The monoisotopic (exact) mass is 504 g/mol. The van der Waals surface area contributed by atoms with Crippen molar-refractivity contribution in [3.8, 4) is 11.5 Å². The Labute approximate surface area is 202 Å². The van der Waals surface area contributed by atoms with Crippen molar-refractivity contribution in [1.82, 2.24) is 5.32 Å². The molecule has 0 spiro atoms. The first-order chi connectivity index (χ1) is 16.1. The number of carbonyl (C=O) groups is 1. The van der Waals surface area contributed by atoms with Crippen LogP contribution in [-0.4, -0.2) is 33.6 Å². The van der Waals surface area contributed by atoms with Crippen molar-refractivity contribution in [1.29, 1.82) is 0 Å². The van der Waals surface area contributed by atoms with Gasteiger partial charge in [-0.05, 0) is 49.6 Å². The minimum atomic E-state index is -4.15. The molecule has 1 amide bonds. The van der Waals surface area contributed by atoms with Gasteiger partial charge in [-0.2, -0.15) is 0 Å². The predicted octanol–water partition coefficient (Wildman–Crippen LogP) is 4.51. The van der Waals surface area contributed by atoms with E-state index in [0.29, 0.717) is 17.9 Å². The van der Waals surface area contributed by atoms with Crippen molar-refractivity contribution in [3.63, 3.8) is 0 Å². The fourth-order valence-electron chi connectivity index (χ4n) is 3.93. The summed E-state index contributed by atoms with van der Waals surface area (Å²) < 4.78 is 53.4. The number of amides is 1. The minimum absolute atomic E-state index is 0.0215. The van der Waals surface area contributed by atoms with Gasteiger partial charge in [0.15, 0.2) is 0 Å². The summed E-state index contributed by atoms with van der Waals surface area (Å²) in [5.41, 5.74) is -0.0125. The number of para-hydroxylation sites is 1. The molecule has 0 fully saturated rings. The number of rotatable bonds is 7. The van der Waals surface area contributed by atoms with Crippen LogP contribution in [0.4, 0.5) is 10.1 Å². The number of benzene rings is 2. The topological polar surface area (TPSA) is 84.9 Å². The molecule has 0 saturated carbocycles. The molecule has 4 rings (SSSR count). The molecular weight excluding hydrogens is 479 g/mol. The molecular formula is C24H25FN2O5S2. The summed E-state index contributed by atoms with van der Waals surface area (Å²) in [6, 6.07) is 13.4. The minimum Gasteiger partial charge on any atom is -0.497 e. The lowest BCUT2D eigenvalue weighted by Crippen LogP contribution is -2.45. The van der Waals surface area contributed by atoms with E-state index in [9.17, 15) is 17.6 Å². The second kappa shape index (κ2) is 9.27. The molecule has 1 unspecified atom stereocenters. The maximum absolute atomic E-state index is 14.6. The van der Waals surface area contributed by atoms with Crippen molar-refractivity contribution in [2.75, 3.05) is 18.0 Å². The summed E-state index contributed by atoms with van der Waals surface area (Å²) in [6.45, 7) is 3.23. The molecule has 1 aliphatic heterocycles. The lowest BCUT2D eigenvalue weighted by molar-refractivity contribution is -0.120. The largest absolute Gasteiger partial charge is 0.497 e. The highest BCUT2D eigenvalue weighted by molar-refractivity contribution is 7.94. The van der Waals surface area contributed by atoms with Gasteiger partial charge >= 0.3 is 0 Å². The lowest BCUT2D eigenvalue weighted by Gasteiger charge is -2.38. The van der Waals surface area contributed by atoms with Crippen LogP contribution in [0.5, 0.6) is 11.5 Å². The van der Waals surface area contributed by atoms with Crippen LogP contribution in [0.1, 0.15) is 31.9 Å². The standard InChI is InChI=1S/C24H25FN2O5S2/c1-24(2)14-19(17-11-10-16(31-3)13-21(17)32-24)26-22(28)15-27(20-8-5-4-7-18(20)25)34(29,30)23-9-6-12-33-23/h4-13,19H,14-15H2,1-3H3,(H,26,28). The summed E-state index contributed by atoms with van der Waals surface area (Å²) >= 11 is 1.00. The first-order valence-corrected chi connectivity index (χ1v) is 12.9. The van der Waals surface area contributed by atoms with Gasteiger partial charge in [0, 0.05) is 18.1 Å². The summed E-state index contributed by atoms with van der Waals surface area (Å²) in [6.07, 6.45) is 0.468. The molecule has 2 aromatic carbocycles. The predicted molar refractivity (Wildman–Crippen MR) is 128 cm³/mol. The maximum Gasteiger partial charge on any atom is 0.274 e. The van der Waals surface area contributed by atoms with Crippen molar-refractivity contribution >= 4 is 33.0 Å². The molecule has 2 heterocycles. The van der Waals surface area contributed by atoms with Gasteiger partial charge in [0.2, 0.25) is 5.91 Å². The van der Waals surface area contributed by atoms with Crippen molar-refractivity contribution in [3.05, 3.63) is 71.4 Å². The molecule has 180 valence electrons. The Bertz CT molecular complexity index is 1290. The Morgan fingerprint density at radius 1 is 1.24 bits per heavy atom. The van der Waals surface area contributed by atoms with E-state index in [1.807, 2.05) is 19.9 Å². The second-order valence-electron chi connectivity index (χ2n) is 8.48. The highest BCUT2D eigenvalue weighted by Gasteiger charge is 2.36. The molecule has 7 nitrogen and oxygen atoms in total. The highest BCUT2D eigenvalue weighted by Crippen LogP contribution is 2.41. The maximum atomic E-state index is 14.6. The number of thiophene rings is 1. The molecule has 1 atom stereocenters.